The Morgan fingerprint density at radius 1 is 1.25 bits per heavy atom. The van der Waals surface area contributed by atoms with Gasteiger partial charge in [0.2, 0.25) is 8.32 Å². The molecule has 0 saturated carbocycles. The molecular formula is C8H19NOSi2. The largest absolute Gasteiger partial charge is 0.452 e. The molecule has 0 spiro atoms. The van der Waals surface area contributed by atoms with E-state index >= 15 is 0 Å². The highest BCUT2D eigenvalue weighted by Gasteiger charge is 2.32. The first-order valence-electron chi connectivity index (χ1n) is 4.11. The zero-order chi connectivity index (χ0) is 9.99. The first kappa shape index (κ1) is 11.8. The molecule has 0 unspecified atom stereocenters. The number of nitrogens with one attached hydrogen (secondary N) is 1. The molecule has 0 aromatic rings. The van der Waals surface area contributed by atoms with Crippen LogP contribution in [-0.2, 0) is 4.12 Å². The Kier molecular flexibility index (Phi) is 3.62. The number of hydrogen-bond donors (Lipinski definition) is 1. The van der Waals surface area contributed by atoms with E-state index in [1.165, 1.54) is 0 Å². The van der Waals surface area contributed by atoms with Gasteiger partial charge in [-0.1, -0.05) is 12.7 Å². The van der Waals surface area contributed by atoms with E-state index in [4.69, 9.17) is 9.52 Å². The van der Waals surface area contributed by atoms with Crippen LogP contribution in [0.1, 0.15) is 0 Å². The average molecular weight is 201 g/mol. The van der Waals surface area contributed by atoms with Gasteiger partial charge < -0.3 is 9.52 Å². The highest BCUT2D eigenvalue weighted by molar-refractivity contribution is 7.05. The van der Waals surface area contributed by atoms with Crippen molar-refractivity contribution < 1.29 is 4.12 Å². The minimum absolute atomic E-state index is 0.588. The van der Waals surface area contributed by atoms with Crippen LogP contribution >= 0.6 is 0 Å². The van der Waals surface area contributed by atoms with Gasteiger partial charge in [0.15, 0.2) is 8.32 Å². The molecule has 2 nitrogen and oxygen atoms in total. The smallest absolute Gasteiger partial charge is 0.225 e. The first-order valence-corrected chi connectivity index (χ1v) is 10.4. The van der Waals surface area contributed by atoms with Crippen LogP contribution in [0.3, 0.4) is 0 Å². The van der Waals surface area contributed by atoms with Gasteiger partial charge in [0.1, 0.15) is 0 Å². The fourth-order valence-electron chi connectivity index (χ4n) is 1.07. The van der Waals surface area contributed by atoms with Gasteiger partial charge in [-0.2, -0.15) is 0 Å². The van der Waals surface area contributed by atoms with Gasteiger partial charge in [0.25, 0.3) is 0 Å². The van der Waals surface area contributed by atoms with Crippen LogP contribution in [0.25, 0.3) is 0 Å². The van der Waals surface area contributed by atoms with Crippen molar-refractivity contribution in [3.8, 4) is 0 Å². The third-order valence-electron chi connectivity index (χ3n) is 1.41. The second kappa shape index (κ2) is 3.68. The molecule has 0 aliphatic carbocycles. The summed E-state index contributed by atoms with van der Waals surface area (Å²) in [6, 6.07) is 0. The Bertz CT molecular complexity index is 194. The zero-order valence-electron chi connectivity index (χ0n) is 8.69. The highest BCUT2D eigenvalue weighted by Crippen LogP contribution is 2.15. The Morgan fingerprint density at radius 3 is 1.92 bits per heavy atom. The van der Waals surface area contributed by atoms with Crippen LogP contribution in [0.15, 0.2) is 12.7 Å². The molecule has 0 aromatic heterocycles. The van der Waals surface area contributed by atoms with Gasteiger partial charge in [-0.25, -0.2) is 0 Å². The fourth-order valence-corrected chi connectivity index (χ4v) is 8.12. The van der Waals surface area contributed by atoms with Crippen molar-refractivity contribution in [1.82, 2.24) is 0 Å². The van der Waals surface area contributed by atoms with E-state index in [2.05, 4.69) is 39.3 Å². The van der Waals surface area contributed by atoms with Crippen LogP contribution < -0.4 is 0 Å². The maximum absolute atomic E-state index is 7.66. The van der Waals surface area contributed by atoms with E-state index in [1.807, 2.05) is 0 Å². The molecular weight excluding hydrogens is 182 g/mol. The lowest BCUT2D eigenvalue weighted by Crippen LogP contribution is -2.47. The quantitative estimate of drug-likeness (QED) is 0.551. The normalized spacial score (nSPS) is 12.8. The van der Waals surface area contributed by atoms with Crippen molar-refractivity contribution in [2.24, 2.45) is 0 Å². The van der Waals surface area contributed by atoms with E-state index < -0.39 is 16.6 Å². The molecule has 0 amide bonds. The van der Waals surface area contributed by atoms with Crippen molar-refractivity contribution in [1.29, 1.82) is 5.41 Å². The molecule has 1 N–H and O–H groups in total. The van der Waals surface area contributed by atoms with Gasteiger partial charge in [0, 0.05) is 5.33 Å². The van der Waals surface area contributed by atoms with Crippen LogP contribution in [0.5, 0.6) is 0 Å². The second-order valence-corrected chi connectivity index (χ2v) is 12.9. The molecule has 0 atom stereocenters. The lowest BCUT2D eigenvalue weighted by Gasteiger charge is -2.30. The summed E-state index contributed by atoms with van der Waals surface area (Å²) < 4.78 is 5.96. The van der Waals surface area contributed by atoms with Gasteiger partial charge in [-0.05, 0) is 32.7 Å². The maximum Gasteiger partial charge on any atom is 0.225 e. The van der Waals surface area contributed by atoms with E-state index in [-0.39, 0.29) is 0 Å². The summed E-state index contributed by atoms with van der Waals surface area (Å²) in [4.78, 5) is 0. The summed E-state index contributed by atoms with van der Waals surface area (Å²) >= 11 is 0. The van der Waals surface area contributed by atoms with Crippen molar-refractivity contribution in [3.63, 3.8) is 0 Å². The average Bonchev–Trinajstić information content (AvgIpc) is 1.80. The Hall–Kier alpha value is -0.196. The summed E-state index contributed by atoms with van der Waals surface area (Å²) in [7, 11) is -3.41. The van der Waals surface area contributed by atoms with Crippen molar-refractivity contribution in [2.45, 2.75) is 32.7 Å². The molecule has 12 heavy (non-hydrogen) atoms. The Morgan fingerprint density at radius 2 is 1.67 bits per heavy atom. The van der Waals surface area contributed by atoms with Gasteiger partial charge in [-0.3, -0.25) is 0 Å². The summed E-state index contributed by atoms with van der Waals surface area (Å²) in [5, 5.41) is 8.25. The maximum atomic E-state index is 7.66. The summed E-state index contributed by atoms with van der Waals surface area (Å²) in [6.07, 6.45) is 1.60. The fraction of sp³-hybridized carbons (Fsp3) is 0.625. The van der Waals surface area contributed by atoms with E-state index in [0.29, 0.717) is 5.33 Å². The van der Waals surface area contributed by atoms with E-state index in [9.17, 15) is 0 Å². The molecule has 0 bridgehead atoms. The number of allylic oxidation sites excluding steroid dienone is 1. The lowest BCUT2D eigenvalue weighted by atomic mass is 10.7. The van der Waals surface area contributed by atoms with Crippen LogP contribution in [0.2, 0.25) is 32.7 Å². The lowest BCUT2D eigenvalue weighted by molar-refractivity contribution is 0.569. The van der Waals surface area contributed by atoms with Gasteiger partial charge in [-0.15, -0.1) is 0 Å². The first-order chi connectivity index (χ1) is 5.19. The van der Waals surface area contributed by atoms with Gasteiger partial charge >= 0.3 is 0 Å². The summed E-state index contributed by atoms with van der Waals surface area (Å²) in [5.41, 5.74) is 0. The molecule has 0 aliphatic rings. The van der Waals surface area contributed by atoms with E-state index in [1.54, 1.807) is 6.08 Å². The molecule has 0 heterocycles. The van der Waals surface area contributed by atoms with Crippen molar-refractivity contribution in [2.75, 3.05) is 0 Å². The minimum atomic E-state index is -1.92. The third-order valence-corrected chi connectivity index (χ3v) is 7.41. The van der Waals surface area contributed by atoms with E-state index in [0.717, 1.165) is 0 Å². The molecule has 0 radical (unpaired) electrons. The number of rotatable bonds is 4. The minimum Gasteiger partial charge on any atom is -0.452 e. The summed E-state index contributed by atoms with van der Waals surface area (Å²) in [6.45, 7) is 14.2. The van der Waals surface area contributed by atoms with Crippen molar-refractivity contribution >= 4 is 22.0 Å². The monoisotopic (exact) mass is 201 g/mol. The van der Waals surface area contributed by atoms with Crippen molar-refractivity contribution in [3.05, 3.63) is 12.7 Å². The topological polar surface area (TPSA) is 33.1 Å². The Labute approximate surface area is 77.4 Å². The van der Waals surface area contributed by atoms with Crippen LogP contribution in [-0.4, -0.2) is 22.0 Å². The molecule has 0 rings (SSSR count). The summed E-state index contributed by atoms with van der Waals surface area (Å²) in [5.74, 6) is 0. The zero-order valence-corrected chi connectivity index (χ0v) is 10.7. The molecule has 4 heteroatoms. The predicted octanol–water partition coefficient (Wildman–Crippen LogP) is 2.79. The molecule has 70 valence electrons. The standard InChI is InChI=1S/C8H19NOSi2/c1-7-8(9)12(5,6)10-11(2,3)4/h7,9H,1H2,2-6H3. The van der Waals surface area contributed by atoms with Gasteiger partial charge in [0.05, 0.1) is 0 Å². The molecule has 0 aromatic carbocycles. The van der Waals surface area contributed by atoms with Crippen LogP contribution in [0.4, 0.5) is 0 Å². The van der Waals surface area contributed by atoms with Crippen LogP contribution in [0, 0.1) is 5.41 Å². The number of hydrogen-bond acceptors (Lipinski definition) is 2. The highest BCUT2D eigenvalue weighted by atomic mass is 28.4. The predicted molar refractivity (Wildman–Crippen MR) is 59.8 cm³/mol. The second-order valence-electron chi connectivity index (χ2n) is 4.34. The molecule has 0 aliphatic heterocycles. The molecule has 0 saturated heterocycles. The SMILES string of the molecule is C=CC(=N)[Si](C)(C)O[Si](C)(C)C. The third kappa shape index (κ3) is 3.99. The Balaban J connectivity index is 4.42. The molecule has 0 fully saturated rings.